The van der Waals surface area contributed by atoms with E-state index < -0.39 is 30.7 Å². The molecular weight excluding hydrogens is 479 g/mol. The van der Waals surface area contributed by atoms with Gasteiger partial charge in [-0.15, -0.1) is 6.58 Å². The summed E-state index contributed by atoms with van der Waals surface area (Å²) in [6.45, 7) is 6.41. The van der Waals surface area contributed by atoms with Gasteiger partial charge < -0.3 is 15.3 Å². The van der Waals surface area contributed by atoms with Crippen LogP contribution >= 0.6 is 0 Å². The summed E-state index contributed by atoms with van der Waals surface area (Å²) in [5.41, 5.74) is 1.83. The fourth-order valence-corrected chi connectivity index (χ4v) is 7.98. The van der Waals surface area contributed by atoms with Gasteiger partial charge in [0, 0.05) is 0 Å². The number of alkyl halides is 5. The van der Waals surface area contributed by atoms with Crippen molar-refractivity contribution in [1.82, 2.24) is 0 Å². The predicted molar refractivity (Wildman–Crippen MR) is 127 cm³/mol. The van der Waals surface area contributed by atoms with Crippen LogP contribution in [-0.4, -0.2) is 39.6 Å². The number of hydrogen-bond acceptors (Lipinski definition) is 3. The lowest BCUT2D eigenvalue weighted by molar-refractivity contribution is -0.313. The minimum atomic E-state index is -5.76. The second-order valence-electron chi connectivity index (χ2n) is 11.6. The molecule has 1 unspecified atom stereocenters. The van der Waals surface area contributed by atoms with Crippen molar-refractivity contribution >= 4 is 0 Å². The van der Waals surface area contributed by atoms with Crippen LogP contribution in [0.15, 0.2) is 30.9 Å². The van der Waals surface area contributed by atoms with Gasteiger partial charge in [-0.3, -0.25) is 0 Å². The molecule has 0 saturated heterocycles. The normalized spacial score (nSPS) is 35.0. The molecule has 0 aliphatic heterocycles. The summed E-state index contributed by atoms with van der Waals surface area (Å²) in [6, 6.07) is 5.51. The number of aryl methyl sites for hydroxylation is 1. The van der Waals surface area contributed by atoms with Crippen LogP contribution in [0.1, 0.15) is 81.8 Å². The number of aliphatic hydroxyl groups is 2. The van der Waals surface area contributed by atoms with E-state index in [0.29, 0.717) is 12.8 Å². The standard InChI is InChI=1S/C28H37F5O3/c1-3-26-14-13-17-15-19(34)9-10-20(17)24(26)18(16-25(2)21(26)11-12-22(25)35)7-5-4-6-8-23(36)27(29,30)28(31,32)33/h3,9-10,15,18,21-24,34-36H,1,4-8,11-14,16H2,2H3/t18-,21+,22-,23-,24+,25-,26?/m0/s1. The van der Waals surface area contributed by atoms with Gasteiger partial charge in [-0.2, -0.15) is 22.0 Å². The van der Waals surface area contributed by atoms with Gasteiger partial charge in [0.1, 0.15) is 11.9 Å². The Morgan fingerprint density at radius 3 is 2.53 bits per heavy atom. The number of allylic oxidation sites excluding steroid dienone is 1. The third-order valence-corrected chi connectivity index (χ3v) is 9.71. The molecule has 8 heteroatoms. The second kappa shape index (κ2) is 9.57. The zero-order valence-corrected chi connectivity index (χ0v) is 20.7. The van der Waals surface area contributed by atoms with Gasteiger partial charge in [0.25, 0.3) is 0 Å². The molecule has 0 aromatic heterocycles. The fourth-order valence-electron chi connectivity index (χ4n) is 7.98. The van der Waals surface area contributed by atoms with Crippen LogP contribution in [0.3, 0.4) is 0 Å². The topological polar surface area (TPSA) is 60.7 Å². The quantitative estimate of drug-likeness (QED) is 0.200. The van der Waals surface area contributed by atoms with Gasteiger partial charge in [0.15, 0.2) is 0 Å². The van der Waals surface area contributed by atoms with E-state index in [1.54, 1.807) is 6.07 Å². The summed E-state index contributed by atoms with van der Waals surface area (Å²) in [5.74, 6) is -4.30. The molecule has 36 heavy (non-hydrogen) atoms. The van der Waals surface area contributed by atoms with Crippen LogP contribution in [0, 0.1) is 22.7 Å². The van der Waals surface area contributed by atoms with Crippen molar-refractivity contribution < 1.29 is 37.3 Å². The lowest BCUT2D eigenvalue weighted by Crippen LogP contribution is -2.54. The Labute approximate surface area is 209 Å². The van der Waals surface area contributed by atoms with E-state index in [4.69, 9.17) is 0 Å². The molecule has 3 N–H and O–H groups in total. The first-order chi connectivity index (χ1) is 16.8. The molecule has 2 fully saturated rings. The first kappa shape index (κ1) is 27.4. The Hall–Kier alpha value is -1.67. The van der Waals surface area contributed by atoms with Gasteiger partial charge >= 0.3 is 12.1 Å². The molecule has 4 rings (SSSR count). The maximum atomic E-state index is 13.3. The van der Waals surface area contributed by atoms with Gasteiger partial charge in [0.2, 0.25) is 0 Å². The van der Waals surface area contributed by atoms with E-state index in [1.807, 2.05) is 12.1 Å². The Kier molecular flexibility index (Phi) is 7.28. The summed E-state index contributed by atoms with van der Waals surface area (Å²) in [6.07, 6.45) is -1.44. The van der Waals surface area contributed by atoms with Gasteiger partial charge in [-0.1, -0.05) is 38.3 Å². The van der Waals surface area contributed by atoms with Crippen molar-refractivity contribution in [2.24, 2.45) is 22.7 Å². The van der Waals surface area contributed by atoms with E-state index in [1.165, 1.54) is 5.56 Å². The SMILES string of the molecule is C=CC12CCc3cc(O)ccc3[C@H]1[C@@H](CCCCC[C@H](O)C(F)(F)C(F)(F)F)C[C@]1(C)[C@@H](O)CC[C@@H]21. The summed E-state index contributed by atoms with van der Waals surface area (Å²) < 4.78 is 64.2. The number of hydrogen-bond donors (Lipinski definition) is 3. The van der Waals surface area contributed by atoms with Crippen molar-refractivity contribution in [3.63, 3.8) is 0 Å². The predicted octanol–water partition coefficient (Wildman–Crippen LogP) is 6.90. The lowest BCUT2D eigenvalue weighted by Gasteiger charge is -2.60. The highest BCUT2D eigenvalue weighted by Crippen LogP contribution is 2.69. The average Bonchev–Trinajstić information content (AvgIpc) is 3.11. The van der Waals surface area contributed by atoms with Crippen molar-refractivity contribution in [2.75, 3.05) is 0 Å². The molecule has 0 amide bonds. The average molecular weight is 517 g/mol. The maximum absolute atomic E-state index is 13.3. The fraction of sp³-hybridized carbons (Fsp3) is 0.714. The molecular formula is C28H37F5O3. The third-order valence-electron chi connectivity index (χ3n) is 9.71. The van der Waals surface area contributed by atoms with Gasteiger partial charge in [-0.05, 0) is 96.8 Å². The van der Waals surface area contributed by atoms with Crippen LogP contribution in [0.25, 0.3) is 0 Å². The number of phenols is 1. The molecule has 3 nitrogen and oxygen atoms in total. The molecule has 3 aliphatic carbocycles. The zero-order valence-electron chi connectivity index (χ0n) is 20.7. The second-order valence-corrected chi connectivity index (χ2v) is 11.6. The molecule has 7 atom stereocenters. The number of benzene rings is 1. The summed E-state index contributed by atoms with van der Waals surface area (Å²) in [5, 5.41) is 30.5. The van der Waals surface area contributed by atoms with Crippen LogP contribution in [0.5, 0.6) is 5.75 Å². The van der Waals surface area contributed by atoms with Crippen molar-refractivity contribution in [1.29, 1.82) is 0 Å². The Balaban J connectivity index is 1.52. The van der Waals surface area contributed by atoms with Crippen molar-refractivity contribution in [3.8, 4) is 5.75 Å². The largest absolute Gasteiger partial charge is 0.508 e. The first-order valence-electron chi connectivity index (χ1n) is 13.0. The van der Waals surface area contributed by atoms with E-state index in [-0.39, 0.29) is 40.8 Å². The number of halogens is 5. The van der Waals surface area contributed by atoms with Crippen LogP contribution in [-0.2, 0) is 6.42 Å². The summed E-state index contributed by atoms with van der Waals surface area (Å²) in [4.78, 5) is 0. The molecule has 0 radical (unpaired) electrons. The first-order valence-corrected chi connectivity index (χ1v) is 13.0. The highest BCUT2D eigenvalue weighted by Gasteiger charge is 2.63. The summed E-state index contributed by atoms with van der Waals surface area (Å²) in [7, 11) is 0. The molecule has 0 heterocycles. The Morgan fingerprint density at radius 1 is 1.14 bits per heavy atom. The van der Waals surface area contributed by atoms with E-state index in [9.17, 15) is 37.3 Å². The highest BCUT2D eigenvalue weighted by atomic mass is 19.4. The number of aliphatic hydroxyl groups excluding tert-OH is 2. The Morgan fingerprint density at radius 2 is 1.86 bits per heavy atom. The number of rotatable bonds is 8. The molecule has 2 saturated carbocycles. The minimum absolute atomic E-state index is 0.0732. The van der Waals surface area contributed by atoms with E-state index >= 15 is 0 Å². The van der Waals surface area contributed by atoms with Crippen molar-refractivity contribution in [2.45, 2.75) is 101 Å². The number of phenolic OH excluding ortho intramolecular Hbond substituents is 1. The molecule has 202 valence electrons. The molecule has 1 aromatic rings. The molecule has 0 spiro atoms. The van der Waals surface area contributed by atoms with Crippen LogP contribution in [0.4, 0.5) is 22.0 Å². The molecule has 3 aliphatic rings. The molecule has 1 aromatic carbocycles. The smallest absolute Gasteiger partial charge is 0.456 e. The summed E-state index contributed by atoms with van der Waals surface area (Å²) >= 11 is 0. The molecule has 0 bridgehead atoms. The van der Waals surface area contributed by atoms with E-state index in [2.05, 4.69) is 19.6 Å². The zero-order chi connectivity index (χ0) is 26.5. The number of aromatic hydroxyl groups is 1. The number of unbranched alkanes of at least 4 members (excludes halogenated alkanes) is 2. The number of fused-ring (bicyclic) bond motifs is 5. The van der Waals surface area contributed by atoms with E-state index in [0.717, 1.165) is 44.1 Å². The van der Waals surface area contributed by atoms with Gasteiger partial charge in [-0.25, -0.2) is 0 Å². The van der Waals surface area contributed by atoms with Crippen LogP contribution in [0.2, 0.25) is 0 Å². The highest BCUT2D eigenvalue weighted by molar-refractivity contribution is 5.43. The monoisotopic (exact) mass is 516 g/mol. The minimum Gasteiger partial charge on any atom is -0.508 e. The van der Waals surface area contributed by atoms with Gasteiger partial charge in [0.05, 0.1) is 6.10 Å². The van der Waals surface area contributed by atoms with Crippen LogP contribution < -0.4 is 0 Å². The van der Waals surface area contributed by atoms with Crippen molar-refractivity contribution in [3.05, 3.63) is 42.0 Å². The third kappa shape index (κ3) is 4.36. The maximum Gasteiger partial charge on any atom is 0.456 e. The lowest BCUT2D eigenvalue weighted by atomic mass is 9.44. The Bertz CT molecular complexity index is 963.